The Morgan fingerprint density at radius 3 is 2.63 bits per heavy atom. The summed E-state index contributed by atoms with van der Waals surface area (Å²) in [6.07, 6.45) is 0. The van der Waals surface area contributed by atoms with Crippen LogP contribution in [0.1, 0.15) is 31.4 Å². The number of carbonyl (C=O) groups is 1. The molecule has 30 heavy (non-hydrogen) atoms. The molecular formula is C22H22FN5O2. The number of hydrogen-bond donors (Lipinski definition) is 1. The van der Waals surface area contributed by atoms with Gasteiger partial charge in [-0.05, 0) is 43.3 Å². The van der Waals surface area contributed by atoms with Crippen molar-refractivity contribution in [1.82, 2.24) is 19.1 Å². The summed E-state index contributed by atoms with van der Waals surface area (Å²) in [5.74, 6) is 0.726. The lowest BCUT2D eigenvalue weighted by Crippen LogP contribution is -2.30. The topological polar surface area (TPSA) is 81.8 Å². The maximum Gasteiger partial charge on any atom is 0.261 e. The van der Waals surface area contributed by atoms with Gasteiger partial charge in [-0.1, -0.05) is 13.8 Å². The first-order chi connectivity index (χ1) is 14.2. The second kappa shape index (κ2) is 7.37. The van der Waals surface area contributed by atoms with Gasteiger partial charge in [0.05, 0.1) is 21.9 Å². The third-order valence-corrected chi connectivity index (χ3v) is 5.12. The first kappa shape index (κ1) is 19.8. The van der Waals surface area contributed by atoms with Crippen molar-refractivity contribution in [3.8, 4) is 0 Å². The van der Waals surface area contributed by atoms with Crippen LogP contribution in [0.3, 0.4) is 0 Å². The average Bonchev–Trinajstić information content (AvgIpc) is 3.02. The van der Waals surface area contributed by atoms with Gasteiger partial charge in [0.1, 0.15) is 24.0 Å². The van der Waals surface area contributed by atoms with Crippen LogP contribution < -0.4 is 10.9 Å². The summed E-state index contributed by atoms with van der Waals surface area (Å²) < 4.78 is 16.8. The molecule has 4 rings (SSSR count). The highest BCUT2D eigenvalue weighted by atomic mass is 19.1. The number of benzene rings is 2. The molecule has 0 radical (unpaired) electrons. The molecule has 7 nitrogen and oxygen atoms in total. The van der Waals surface area contributed by atoms with Crippen molar-refractivity contribution in [1.29, 1.82) is 0 Å². The lowest BCUT2D eigenvalue weighted by molar-refractivity contribution is -0.116. The van der Waals surface area contributed by atoms with E-state index in [1.165, 1.54) is 16.7 Å². The zero-order chi connectivity index (χ0) is 21.6. The molecule has 0 aliphatic heterocycles. The Morgan fingerprint density at radius 2 is 1.90 bits per heavy atom. The Hall–Kier alpha value is -3.55. The smallest absolute Gasteiger partial charge is 0.261 e. The van der Waals surface area contributed by atoms with Crippen LogP contribution in [-0.4, -0.2) is 25.0 Å². The minimum Gasteiger partial charge on any atom is -0.331 e. The molecule has 1 amide bonds. The van der Waals surface area contributed by atoms with Gasteiger partial charge < -0.3 is 9.88 Å². The van der Waals surface area contributed by atoms with E-state index >= 15 is 0 Å². The van der Waals surface area contributed by atoms with Crippen molar-refractivity contribution < 1.29 is 9.18 Å². The Labute approximate surface area is 172 Å². The molecule has 1 N–H and O–H groups in total. The number of rotatable bonds is 4. The predicted molar refractivity (Wildman–Crippen MR) is 114 cm³/mol. The molecule has 0 spiro atoms. The summed E-state index contributed by atoms with van der Waals surface area (Å²) >= 11 is 0. The summed E-state index contributed by atoms with van der Waals surface area (Å²) in [5, 5.41) is 2.95. The van der Waals surface area contributed by atoms with Gasteiger partial charge in [-0.2, -0.15) is 0 Å². The standard InChI is InChI=1S/C22H22FN5O2/c1-12(2)21-26-18-10-15(6-8-19(18)27(21)4)25-20(29)11-28-13(3)24-17-7-5-14(23)9-16(17)22(28)30/h5-10,12H,11H2,1-4H3,(H,25,29). The van der Waals surface area contributed by atoms with E-state index in [2.05, 4.69) is 29.1 Å². The van der Waals surface area contributed by atoms with Gasteiger partial charge in [-0.3, -0.25) is 14.2 Å². The number of nitrogens with zero attached hydrogens (tertiary/aromatic N) is 4. The van der Waals surface area contributed by atoms with Crippen LogP contribution in [0, 0.1) is 12.7 Å². The van der Waals surface area contributed by atoms with E-state index in [9.17, 15) is 14.0 Å². The van der Waals surface area contributed by atoms with Crippen LogP contribution in [0.5, 0.6) is 0 Å². The molecule has 0 saturated heterocycles. The maximum atomic E-state index is 13.5. The van der Waals surface area contributed by atoms with Gasteiger partial charge >= 0.3 is 0 Å². The fraction of sp³-hybridized carbons (Fsp3) is 0.273. The molecule has 0 saturated carbocycles. The number of fused-ring (bicyclic) bond motifs is 2. The van der Waals surface area contributed by atoms with Gasteiger partial charge in [0.2, 0.25) is 5.91 Å². The summed E-state index contributed by atoms with van der Waals surface area (Å²) in [6.45, 7) is 5.58. The number of hydrogen-bond acceptors (Lipinski definition) is 4. The van der Waals surface area contributed by atoms with E-state index in [4.69, 9.17) is 0 Å². The van der Waals surface area contributed by atoms with Gasteiger partial charge in [-0.25, -0.2) is 14.4 Å². The van der Waals surface area contributed by atoms with Gasteiger partial charge in [-0.15, -0.1) is 0 Å². The number of anilines is 1. The first-order valence-electron chi connectivity index (χ1n) is 9.67. The molecule has 4 aromatic rings. The quantitative estimate of drug-likeness (QED) is 0.561. The summed E-state index contributed by atoms with van der Waals surface area (Å²) in [4.78, 5) is 34.3. The molecule has 8 heteroatoms. The normalized spacial score (nSPS) is 11.5. The van der Waals surface area contributed by atoms with E-state index in [-0.39, 0.29) is 23.8 Å². The lowest BCUT2D eigenvalue weighted by Gasteiger charge is -2.11. The fourth-order valence-corrected chi connectivity index (χ4v) is 3.65. The van der Waals surface area contributed by atoms with Crippen molar-refractivity contribution in [2.75, 3.05) is 5.32 Å². The molecule has 2 heterocycles. The van der Waals surface area contributed by atoms with E-state index in [0.717, 1.165) is 22.9 Å². The van der Waals surface area contributed by atoms with Crippen LogP contribution in [0.4, 0.5) is 10.1 Å². The van der Waals surface area contributed by atoms with E-state index in [1.807, 2.05) is 23.7 Å². The number of imidazole rings is 1. The highest BCUT2D eigenvalue weighted by Crippen LogP contribution is 2.23. The van der Waals surface area contributed by atoms with Gasteiger partial charge in [0.15, 0.2) is 0 Å². The summed E-state index contributed by atoms with van der Waals surface area (Å²) in [5.41, 5.74) is 2.30. The van der Waals surface area contributed by atoms with Gasteiger partial charge in [0.25, 0.3) is 5.56 Å². The third kappa shape index (κ3) is 3.45. The van der Waals surface area contributed by atoms with Crippen molar-refractivity contribution in [2.24, 2.45) is 7.05 Å². The molecule has 2 aromatic heterocycles. The summed E-state index contributed by atoms with van der Waals surface area (Å²) in [7, 11) is 1.97. The van der Waals surface area contributed by atoms with Gasteiger partial charge in [0, 0.05) is 18.7 Å². The Morgan fingerprint density at radius 1 is 1.13 bits per heavy atom. The molecule has 0 bridgehead atoms. The van der Waals surface area contributed by atoms with Crippen LogP contribution in [0.2, 0.25) is 0 Å². The van der Waals surface area contributed by atoms with Crippen LogP contribution in [0.15, 0.2) is 41.2 Å². The number of amides is 1. The summed E-state index contributed by atoms with van der Waals surface area (Å²) in [6, 6.07) is 9.36. The van der Waals surface area contributed by atoms with Crippen LogP contribution in [0.25, 0.3) is 21.9 Å². The molecule has 154 valence electrons. The zero-order valence-corrected chi connectivity index (χ0v) is 17.2. The minimum absolute atomic E-state index is 0.143. The predicted octanol–water partition coefficient (Wildman–Crippen LogP) is 3.49. The van der Waals surface area contributed by atoms with Crippen LogP contribution in [-0.2, 0) is 18.4 Å². The Kier molecular flexibility index (Phi) is 4.85. The molecule has 0 aliphatic rings. The van der Waals surface area contributed by atoms with Crippen molar-refractivity contribution in [2.45, 2.75) is 33.2 Å². The van der Waals surface area contributed by atoms with E-state index in [1.54, 1.807) is 13.0 Å². The SMILES string of the molecule is Cc1nc2ccc(F)cc2c(=O)n1CC(=O)Nc1ccc2c(c1)nc(C(C)C)n2C. The molecule has 0 fully saturated rings. The maximum absolute atomic E-state index is 13.5. The van der Waals surface area contributed by atoms with E-state index < -0.39 is 11.4 Å². The number of aromatic nitrogens is 4. The highest BCUT2D eigenvalue weighted by Gasteiger charge is 2.14. The van der Waals surface area contributed by atoms with Crippen molar-refractivity contribution >= 4 is 33.5 Å². The Balaban J connectivity index is 1.61. The molecule has 0 unspecified atom stereocenters. The second-order valence-corrected chi connectivity index (χ2v) is 7.65. The third-order valence-electron chi connectivity index (χ3n) is 5.12. The number of halogens is 1. The fourth-order valence-electron chi connectivity index (χ4n) is 3.65. The average molecular weight is 407 g/mol. The molecule has 2 aromatic carbocycles. The first-order valence-corrected chi connectivity index (χ1v) is 9.67. The molecule has 0 aliphatic carbocycles. The minimum atomic E-state index is -0.523. The van der Waals surface area contributed by atoms with Crippen LogP contribution >= 0.6 is 0 Å². The largest absolute Gasteiger partial charge is 0.331 e. The second-order valence-electron chi connectivity index (χ2n) is 7.65. The van der Waals surface area contributed by atoms with Crippen molar-refractivity contribution in [3.05, 3.63) is 64.2 Å². The number of nitrogens with one attached hydrogen (secondary N) is 1. The number of aryl methyl sites for hydroxylation is 2. The zero-order valence-electron chi connectivity index (χ0n) is 17.2. The number of carbonyl (C=O) groups excluding carboxylic acids is 1. The molecule has 0 atom stereocenters. The molecular weight excluding hydrogens is 385 g/mol. The Bertz CT molecular complexity index is 1350. The van der Waals surface area contributed by atoms with Crippen molar-refractivity contribution in [3.63, 3.8) is 0 Å². The monoisotopic (exact) mass is 407 g/mol. The van der Waals surface area contributed by atoms with E-state index in [0.29, 0.717) is 17.0 Å². The highest BCUT2D eigenvalue weighted by molar-refractivity contribution is 5.93. The lowest BCUT2D eigenvalue weighted by atomic mass is 10.2.